The van der Waals surface area contributed by atoms with Crippen LogP contribution in [0, 0.1) is 11.8 Å². The van der Waals surface area contributed by atoms with Crippen LogP contribution in [0.2, 0.25) is 0 Å². The summed E-state index contributed by atoms with van der Waals surface area (Å²) in [5.74, 6) is 2.11. The summed E-state index contributed by atoms with van der Waals surface area (Å²) in [5.41, 5.74) is 1.04. The van der Waals surface area contributed by atoms with Crippen molar-refractivity contribution in [3.8, 4) is 0 Å². The number of hydrogen-bond donors (Lipinski definition) is 0. The van der Waals surface area contributed by atoms with Crippen LogP contribution in [-0.4, -0.2) is 58.5 Å². The average Bonchev–Trinajstić information content (AvgIpc) is 3.20. The first kappa shape index (κ1) is 19.0. The van der Waals surface area contributed by atoms with E-state index in [9.17, 15) is 4.79 Å². The fourth-order valence-electron chi connectivity index (χ4n) is 3.32. The zero-order chi connectivity index (χ0) is 17.9. The first-order chi connectivity index (χ1) is 11.3. The van der Waals surface area contributed by atoms with Crippen molar-refractivity contribution in [1.29, 1.82) is 0 Å². The van der Waals surface area contributed by atoms with Gasteiger partial charge in [-0.25, -0.2) is 4.98 Å². The van der Waals surface area contributed by atoms with Gasteiger partial charge in [-0.15, -0.1) is 0 Å². The van der Waals surface area contributed by atoms with Crippen molar-refractivity contribution in [2.45, 2.75) is 53.0 Å². The molecule has 1 fully saturated rings. The number of hydrogen-bond acceptors (Lipinski definition) is 3. The molecular weight excluding hydrogens is 300 g/mol. The first-order valence-corrected chi connectivity index (χ1v) is 9.30. The molecule has 0 radical (unpaired) electrons. The Morgan fingerprint density at radius 1 is 1.33 bits per heavy atom. The minimum absolute atomic E-state index is 0.155. The third-order valence-corrected chi connectivity index (χ3v) is 5.40. The Balaban J connectivity index is 1.83. The van der Waals surface area contributed by atoms with Crippen molar-refractivity contribution in [1.82, 2.24) is 19.4 Å². The molecule has 2 unspecified atom stereocenters. The maximum atomic E-state index is 12.7. The van der Waals surface area contributed by atoms with Crippen LogP contribution in [0.4, 0.5) is 0 Å². The summed E-state index contributed by atoms with van der Waals surface area (Å²) in [6.07, 6.45) is 5.06. The topological polar surface area (TPSA) is 41.4 Å². The molecule has 1 aromatic rings. The second kappa shape index (κ2) is 8.15. The zero-order valence-electron chi connectivity index (χ0n) is 16.2. The lowest BCUT2D eigenvalue weighted by molar-refractivity contribution is -0.133. The van der Waals surface area contributed by atoms with Crippen LogP contribution in [0.15, 0.2) is 12.5 Å². The van der Waals surface area contributed by atoms with Crippen LogP contribution in [0.5, 0.6) is 0 Å². The Morgan fingerprint density at radius 3 is 2.58 bits per heavy atom. The third-order valence-electron chi connectivity index (χ3n) is 5.40. The highest BCUT2D eigenvalue weighted by molar-refractivity contribution is 5.79. The van der Waals surface area contributed by atoms with Crippen molar-refractivity contribution in [2.24, 2.45) is 11.8 Å². The van der Waals surface area contributed by atoms with Crippen molar-refractivity contribution < 1.29 is 4.79 Å². The Bertz CT molecular complexity index is 537. The summed E-state index contributed by atoms with van der Waals surface area (Å²) >= 11 is 0. The molecule has 0 aromatic carbocycles. The molecule has 1 saturated heterocycles. The number of aromatic nitrogens is 2. The molecule has 2 heterocycles. The lowest BCUT2D eigenvalue weighted by atomic mass is 9.95. The van der Waals surface area contributed by atoms with Gasteiger partial charge in [0.1, 0.15) is 6.04 Å². The molecule has 0 spiro atoms. The monoisotopic (exact) mass is 334 g/mol. The lowest BCUT2D eigenvalue weighted by Gasteiger charge is -2.25. The number of likely N-dealkylation sites (N-methyl/N-ethyl adjacent to an activating group) is 1. The van der Waals surface area contributed by atoms with Gasteiger partial charge in [-0.2, -0.15) is 0 Å². The Morgan fingerprint density at radius 2 is 2.04 bits per heavy atom. The van der Waals surface area contributed by atoms with Crippen molar-refractivity contribution in [2.75, 3.05) is 33.2 Å². The molecule has 24 heavy (non-hydrogen) atoms. The predicted octanol–water partition coefficient (Wildman–Crippen LogP) is 3.00. The molecule has 1 aromatic heterocycles. The van der Waals surface area contributed by atoms with Gasteiger partial charge in [-0.3, -0.25) is 4.79 Å². The van der Waals surface area contributed by atoms with E-state index in [2.05, 4.69) is 37.6 Å². The summed E-state index contributed by atoms with van der Waals surface area (Å²) in [6, 6.07) is -0.197. The highest BCUT2D eigenvalue weighted by atomic mass is 16.2. The Hall–Kier alpha value is -1.36. The summed E-state index contributed by atoms with van der Waals surface area (Å²) in [5, 5.41) is 0. The fraction of sp³-hybridized carbons (Fsp3) is 0.789. The maximum absolute atomic E-state index is 12.7. The maximum Gasteiger partial charge on any atom is 0.245 e. The van der Waals surface area contributed by atoms with E-state index in [1.165, 1.54) is 19.5 Å². The smallest absolute Gasteiger partial charge is 0.245 e. The summed E-state index contributed by atoms with van der Waals surface area (Å²) in [6.45, 7) is 14.9. The van der Waals surface area contributed by atoms with Gasteiger partial charge in [0.2, 0.25) is 5.91 Å². The van der Waals surface area contributed by atoms with E-state index in [0.717, 1.165) is 30.6 Å². The van der Waals surface area contributed by atoms with E-state index in [1.807, 2.05) is 29.6 Å². The Kier molecular flexibility index (Phi) is 6.44. The minimum Gasteiger partial charge on any atom is -0.343 e. The van der Waals surface area contributed by atoms with Crippen LogP contribution in [0.3, 0.4) is 0 Å². The number of imidazole rings is 1. The van der Waals surface area contributed by atoms with Gasteiger partial charge in [-0.05, 0) is 37.6 Å². The van der Waals surface area contributed by atoms with E-state index in [1.54, 1.807) is 6.33 Å². The molecule has 1 aliphatic rings. The SMILES string of the molecule is CC(C)c1cn(C(C)C(=O)N(C)CCN2CCC(C(C)C)C2)cn1. The third kappa shape index (κ3) is 4.59. The molecule has 5 nitrogen and oxygen atoms in total. The van der Waals surface area contributed by atoms with Gasteiger partial charge in [0.15, 0.2) is 0 Å². The molecular formula is C19H34N4O. The van der Waals surface area contributed by atoms with E-state index >= 15 is 0 Å². The van der Waals surface area contributed by atoms with Crippen LogP contribution >= 0.6 is 0 Å². The molecule has 2 atom stereocenters. The second-order valence-corrected chi connectivity index (χ2v) is 7.93. The van der Waals surface area contributed by atoms with Crippen LogP contribution < -0.4 is 0 Å². The first-order valence-electron chi connectivity index (χ1n) is 9.30. The highest BCUT2D eigenvalue weighted by Gasteiger charge is 2.26. The van der Waals surface area contributed by atoms with E-state index in [-0.39, 0.29) is 11.9 Å². The van der Waals surface area contributed by atoms with Gasteiger partial charge in [0, 0.05) is 32.9 Å². The number of amides is 1. The van der Waals surface area contributed by atoms with Gasteiger partial charge < -0.3 is 14.4 Å². The number of carbonyl (C=O) groups is 1. The van der Waals surface area contributed by atoms with Crippen molar-refractivity contribution >= 4 is 5.91 Å². The number of carbonyl (C=O) groups excluding carboxylic acids is 1. The summed E-state index contributed by atoms with van der Waals surface area (Å²) in [4.78, 5) is 21.4. The molecule has 2 rings (SSSR count). The molecule has 0 N–H and O–H groups in total. The average molecular weight is 335 g/mol. The molecule has 136 valence electrons. The summed E-state index contributed by atoms with van der Waals surface area (Å²) < 4.78 is 1.93. The number of likely N-dealkylation sites (tertiary alicyclic amines) is 1. The summed E-state index contributed by atoms with van der Waals surface area (Å²) in [7, 11) is 1.91. The molecule has 0 bridgehead atoms. The van der Waals surface area contributed by atoms with E-state index < -0.39 is 0 Å². The standard InChI is InChI=1S/C19H34N4O/c1-14(2)17-7-8-22(11-17)10-9-21(6)19(24)16(5)23-12-18(15(3)4)20-13-23/h12-17H,7-11H2,1-6H3. The normalized spacial score (nSPS) is 20.1. The fourth-order valence-corrected chi connectivity index (χ4v) is 3.32. The number of nitrogens with zero attached hydrogens (tertiary/aromatic N) is 4. The van der Waals surface area contributed by atoms with Crippen LogP contribution in [0.25, 0.3) is 0 Å². The van der Waals surface area contributed by atoms with Crippen molar-refractivity contribution in [3.63, 3.8) is 0 Å². The quantitative estimate of drug-likeness (QED) is 0.770. The lowest BCUT2D eigenvalue weighted by Crippen LogP contribution is -2.38. The Labute approximate surface area is 147 Å². The second-order valence-electron chi connectivity index (χ2n) is 7.93. The molecule has 0 saturated carbocycles. The van der Waals surface area contributed by atoms with Gasteiger partial charge >= 0.3 is 0 Å². The van der Waals surface area contributed by atoms with E-state index in [4.69, 9.17) is 0 Å². The molecule has 1 aliphatic heterocycles. The molecule has 5 heteroatoms. The molecule has 0 aliphatic carbocycles. The highest BCUT2D eigenvalue weighted by Crippen LogP contribution is 2.23. The largest absolute Gasteiger partial charge is 0.343 e. The zero-order valence-corrected chi connectivity index (χ0v) is 16.2. The van der Waals surface area contributed by atoms with Crippen LogP contribution in [0.1, 0.15) is 58.7 Å². The number of rotatable bonds is 7. The van der Waals surface area contributed by atoms with Crippen molar-refractivity contribution in [3.05, 3.63) is 18.2 Å². The predicted molar refractivity (Wildman–Crippen MR) is 98.0 cm³/mol. The van der Waals surface area contributed by atoms with Gasteiger partial charge in [-0.1, -0.05) is 27.7 Å². The van der Waals surface area contributed by atoms with Crippen LogP contribution in [-0.2, 0) is 4.79 Å². The molecule has 1 amide bonds. The van der Waals surface area contributed by atoms with E-state index in [0.29, 0.717) is 5.92 Å². The van der Waals surface area contributed by atoms with Gasteiger partial charge in [0.25, 0.3) is 0 Å². The van der Waals surface area contributed by atoms with Gasteiger partial charge in [0.05, 0.1) is 12.0 Å². The minimum atomic E-state index is -0.197.